The number of carbonyl (C=O) groups excluding carboxylic acids is 3. The first-order valence-electron chi connectivity index (χ1n) is 4.24. The molecule has 1 atom stereocenters. The van der Waals surface area contributed by atoms with Crippen molar-refractivity contribution in [2.45, 2.75) is 31.8 Å². The molecular formula is C8H13N3O3. The Morgan fingerprint density at radius 1 is 1.57 bits per heavy atom. The van der Waals surface area contributed by atoms with Crippen molar-refractivity contribution < 1.29 is 14.4 Å². The molecule has 0 bridgehead atoms. The van der Waals surface area contributed by atoms with Crippen LogP contribution in [-0.2, 0) is 14.4 Å². The number of hydrogen-bond donors (Lipinski definition) is 3. The summed E-state index contributed by atoms with van der Waals surface area (Å²) in [6, 6.07) is -0.662. The second kappa shape index (κ2) is 3.38. The van der Waals surface area contributed by atoms with Gasteiger partial charge in [0.1, 0.15) is 0 Å². The highest BCUT2D eigenvalue weighted by molar-refractivity contribution is 6.05. The standard InChI is InChI=1S/C8H13N3O3/c1-8(2,7(9)14)11-4-3-5(12)10-6(4)13/h4,11H,3H2,1-2H3,(H2,9,14)(H,10,12,13). The van der Waals surface area contributed by atoms with E-state index in [1.165, 1.54) is 0 Å². The van der Waals surface area contributed by atoms with Gasteiger partial charge >= 0.3 is 0 Å². The van der Waals surface area contributed by atoms with Gasteiger partial charge in [-0.2, -0.15) is 0 Å². The molecule has 6 heteroatoms. The lowest BCUT2D eigenvalue weighted by Crippen LogP contribution is -2.56. The molecular weight excluding hydrogens is 186 g/mol. The molecule has 3 amide bonds. The summed E-state index contributed by atoms with van der Waals surface area (Å²) in [6.07, 6.45) is 0.0511. The van der Waals surface area contributed by atoms with Crippen LogP contribution in [0.4, 0.5) is 0 Å². The van der Waals surface area contributed by atoms with Gasteiger partial charge in [-0.3, -0.25) is 25.0 Å². The SMILES string of the molecule is CC(C)(NC1CC(=O)NC1=O)C(N)=O. The van der Waals surface area contributed by atoms with E-state index in [0.29, 0.717) is 0 Å². The summed E-state index contributed by atoms with van der Waals surface area (Å²) >= 11 is 0. The van der Waals surface area contributed by atoms with Gasteiger partial charge in [0.05, 0.1) is 18.0 Å². The number of rotatable bonds is 3. The minimum absolute atomic E-state index is 0.0511. The Balaban J connectivity index is 2.65. The number of primary amides is 1. The van der Waals surface area contributed by atoms with Crippen molar-refractivity contribution in [3.8, 4) is 0 Å². The molecule has 1 aliphatic rings. The predicted molar refractivity (Wildman–Crippen MR) is 48.0 cm³/mol. The Bertz CT molecular complexity index is 298. The lowest BCUT2D eigenvalue weighted by atomic mass is 10.0. The fraction of sp³-hybridized carbons (Fsp3) is 0.625. The second-order valence-electron chi connectivity index (χ2n) is 3.80. The molecule has 1 rings (SSSR count). The van der Waals surface area contributed by atoms with Crippen LogP contribution in [-0.4, -0.2) is 29.3 Å². The molecule has 0 saturated carbocycles. The summed E-state index contributed by atoms with van der Waals surface area (Å²) in [4.78, 5) is 32.9. The minimum atomic E-state index is -0.993. The van der Waals surface area contributed by atoms with Crippen LogP contribution in [0.1, 0.15) is 20.3 Å². The molecule has 0 aliphatic carbocycles. The van der Waals surface area contributed by atoms with E-state index in [2.05, 4.69) is 10.6 Å². The predicted octanol–water partition coefficient (Wildman–Crippen LogP) is -1.74. The van der Waals surface area contributed by atoms with E-state index >= 15 is 0 Å². The molecule has 0 aromatic rings. The Labute approximate surface area is 81.2 Å². The molecule has 78 valence electrons. The van der Waals surface area contributed by atoms with E-state index < -0.39 is 23.4 Å². The molecule has 14 heavy (non-hydrogen) atoms. The molecule has 1 saturated heterocycles. The van der Waals surface area contributed by atoms with Gasteiger partial charge in [0.2, 0.25) is 17.7 Å². The van der Waals surface area contributed by atoms with Gasteiger partial charge in [0, 0.05) is 0 Å². The summed E-state index contributed by atoms with van der Waals surface area (Å²) in [7, 11) is 0. The summed E-state index contributed by atoms with van der Waals surface area (Å²) in [6.45, 7) is 3.12. The maximum absolute atomic E-state index is 11.1. The quantitative estimate of drug-likeness (QED) is 0.469. The van der Waals surface area contributed by atoms with Crippen LogP contribution in [0.3, 0.4) is 0 Å². The molecule has 1 fully saturated rings. The Morgan fingerprint density at radius 3 is 2.50 bits per heavy atom. The number of amides is 3. The van der Waals surface area contributed by atoms with E-state index in [9.17, 15) is 14.4 Å². The summed E-state index contributed by atoms with van der Waals surface area (Å²) < 4.78 is 0. The van der Waals surface area contributed by atoms with Gasteiger partial charge in [-0.05, 0) is 13.8 Å². The van der Waals surface area contributed by atoms with Crippen molar-refractivity contribution in [3.05, 3.63) is 0 Å². The third-order valence-corrected chi connectivity index (χ3v) is 2.12. The Morgan fingerprint density at radius 2 is 2.14 bits per heavy atom. The Kier molecular flexibility index (Phi) is 2.57. The summed E-state index contributed by atoms with van der Waals surface area (Å²) in [5, 5.41) is 4.86. The Hall–Kier alpha value is -1.43. The zero-order valence-electron chi connectivity index (χ0n) is 8.09. The van der Waals surface area contributed by atoms with Crippen LogP contribution in [0.5, 0.6) is 0 Å². The molecule has 0 radical (unpaired) electrons. The van der Waals surface area contributed by atoms with Crippen molar-refractivity contribution in [2.24, 2.45) is 5.73 Å². The van der Waals surface area contributed by atoms with Gasteiger partial charge < -0.3 is 5.73 Å². The average molecular weight is 199 g/mol. The molecule has 1 aliphatic heterocycles. The first-order valence-corrected chi connectivity index (χ1v) is 4.24. The van der Waals surface area contributed by atoms with Crippen LogP contribution < -0.4 is 16.4 Å². The van der Waals surface area contributed by atoms with Gasteiger partial charge in [-0.25, -0.2) is 0 Å². The maximum Gasteiger partial charge on any atom is 0.244 e. The maximum atomic E-state index is 11.1. The van der Waals surface area contributed by atoms with Crippen molar-refractivity contribution in [3.63, 3.8) is 0 Å². The van der Waals surface area contributed by atoms with Gasteiger partial charge in [-0.1, -0.05) is 0 Å². The van der Waals surface area contributed by atoms with Gasteiger partial charge in [0.15, 0.2) is 0 Å². The smallest absolute Gasteiger partial charge is 0.244 e. The van der Waals surface area contributed by atoms with E-state index in [4.69, 9.17) is 5.73 Å². The van der Waals surface area contributed by atoms with E-state index in [0.717, 1.165) is 0 Å². The molecule has 1 heterocycles. The number of nitrogens with one attached hydrogen (secondary N) is 2. The fourth-order valence-corrected chi connectivity index (χ4v) is 1.18. The van der Waals surface area contributed by atoms with Gasteiger partial charge in [0.25, 0.3) is 0 Å². The number of carbonyl (C=O) groups is 3. The van der Waals surface area contributed by atoms with E-state index in [1.54, 1.807) is 13.8 Å². The van der Waals surface area contributed by atoms with Crippen LogP contribution in [0.15, 0.2) is 0 Å². The van der Waals surface area contributed by atoms with Crippen LogP contribution >= 0.6 is 0 Å². The second-order valence-corrected chi connectivity index (χ2v) is 3.80. The first kappa shape index (κ1) is 10.6. The van der Waals surface area contributed by atoms with Crippen molar-refractivity contribution in [1.29, 1.82) is 0 Å². The summed E-state index contributed by atoms with van der Waals surface area (Å²) in [5.74, 6) is -1.32. The highest BCUT2D eigenvalue weighted by Crippen LogP contribution is 2.08. The monoisotopic (exact) mass is 199 g/mol. The number of nitrogens with two attached hydrogens (primary N) is 1. The highest BCUT2D eigenvalue weighted by Gasteiger charge is 2.36. The normalized spacial score (nSPS) is 22.3. The third-order valence-electron chi connectivity index (χ3n) is 2.12. The fourth-order valence-electron chi connectivity index (χ4n) is 1.18. The van der Waals surface area contributed by atoms with Crippen molar-refractivity contribution >= 4 is 17.7 Å². The molecule has 6 nitrogen and oxygen atoms in total. The number of hydrogen-bond acceptors (Lipinski definition) is 4. The average Bonchev–Trinajstić information content (AvgIpc) is 2.29. The van der Waals surface area contributed by atoms with E-state index in [-0.39, 0.29) is 12.3 Å². The van der Waals surface area contributed by atoms with Crippen LogP contribution in [0, 0.1) is 0 Å². The molecule has 0 aromatic heterocycles. The zero-order chi connectivity index (χ0) is 10.9. The van der Waals surface area contributed by atoms with Crippen LogP contribution in [0.2, 0.25) is 0 Å². The lowest BCUT2D eigenvalue weighted by molar-refractivity contribution is -0.125. The van der Waals surface area contributed by atoms with Crippen molar-refractivity contribution in [2.75, 3.05) is 0 Å². The minimum Gasteiger partial charge on any atom is -0.368 e. The molecule has 1 unspecified atom stereocenters. The zero-order valence-corrected chi connectivity index (χ0v) is 8.09. The third kappa shape index (κ3) is 2.08. The lowest BCUT2D eigenvalue weighted by Gasteiger charge is -2.24. The van der Waals surface area contributed by atoms with Gasteiger partial charge in [-0.15, -0.1) is 0 Å². The number of imide groups is 1. The van der Waals surface area contributed by atoms with Crippen LogP contribution in [0.25, 0.3) is 0 Å². The topological polar surface area (TPSA) is 101 Å². The first-order chi connectivity index (χ1) is 6.33. The molecule has 4 N–H and O–H groups in total. The largest absolute Gasteiger partial charge is 0.368 e. The summed E-state index contributed by atoms with van der Waals surface area (Å²) in [5.41, 5.74) is 4.12. The van der Waals surface area contributed by atoms with Crippen molar-refractivity contribution in [1.82, 2.24) is 10.6 Å². The van der Waals surface area contributed by atoms with E-state index in [1.807, 2.05) is 0 Å². The molecule has 0 spiro atoms. The molecule has 0 aromatic carbocycles. The highest BCUT2D eigenvalue weighted by atomic mass is 16.2.